The van der Waals surface area contributed by atoms with E-state index >= 15 is 0 Å². The summed E-state index contributed by atoms with van der Waals surface area (Å²) in [7, 11) is 5.89. The molecular weight excluding hydrogens is 316 g/mol. The smallest absolute Gasteiger partial charge is 0.237 e. The Balaban J connectivity index is 1.67. The van der Waals surface area contributed by atoms with Gasteiger partial charge < -0.3 is 14.8 Å². The van der Waals surface area contributed by atoms with Gasteiger partial charge in [0.2, 0.25) is 11.9 Å². The van der Waals surface area contributed by atoms with Gasteiger partial charge in [0.15, 0.2) is 0 Å². The first-order valence-electron chi connectivity index (χ1n) is 7.21. The number of rotatable bonds is 4. The van der Waals surface area contributed by atoms with Crippen molar-refractivity contribution >= 4 is 35.0 Å². The number of carbonyl (C=O) groups is 1. The fourth-order valence-electron chi connectivity index (χ4n) is 2.65. The standard InChI is InChI=1S/C15H20N4OS2/c1-18(2)15-17-9-10(19(15)3)8-16-14(20)13-11-4-6-21-12(11)5-7-22-13/h4,6,9,13H,5,7-8H2,1-3H3,(H,16,20). The van der Waals surface area contributed by atoms with E-state index in [1.54, 1.807) is 23.1 Å². The zero-order valence-corrected chi connectivity index (χ0v) is 14.6. The van der Waals surface area contributed by atoms with Crippen molar-refractivity contribution in [2.45, 2.75) is 18.2 Å². The number of nitrogens with zero attached hydrogens (tertiary/aromatic N) is 3. The molecule has 0 saturated carbocycles. The average molecular weight is 336 g/mol. The first kappa shape index (κ1) is 15.4. The Morgan fingerprint density at radius 3 is 3.09 bits per heavy atom. The predicted octanol–water partition coefficient (Wildman–Crippen LogP) is 2.19. The van der Waals surface area contributed by atoms with Crippen LogP contribution >= 0.6 is 23.1 Å². The number of aryl methyl sites for hydroxylation is 1. The summed E-state index contributed by atoms with van der Waals surface area (Å²) in [6, 6.07) is 2.09. The molecule has 1 amide bonds. The third-order valence-electron chi connectivity index (χ3n) is 3.82. The second-order valence-electron chi connectivity index (χ2n) is 5.52. The Kier molecular flexibility index (Phi) is 4.44. The molecule has 118 valence electrons. The summed E-state index contributed by atoms with van der Waals surface area (Å²) in [6.07, 6.45) is 2.90. The lowest BCUT2D eigenvalue weighted by Gasteiger charge is -2.21. The summed E-state index contributed by atoms with van der Waals surface area (Å²) >= 11 is 3.49. The number of fused-ring (bicyclic) bond motifs is 1. The number of aromatic nitrogens is 2. The van der Waals surface area contributed by atoms with Crippen LogP contribution in [0.5, 0.6) is 0 Å². The van der Waals surface area contributed by atoms with Crippen LogP contribution in [0.25, 0.3) is 0 Å². The zero-order valence-electron chi connectivity index (χ0n) is 13.0. The summed E-state index contributed by atoms with van der Waals surface area (Å²) in [4.78, 5) is 20.2. The van der Waals surface area contributed by atoms with Crippen LogP contribution < -0.4 is 10.2 Å². The molecule has 0 radical (unpaired) electrons. The molecule has 22 heavy (non-hydrogen) atoms. The molecule has 1 aliphatic heterocycles. The van der Waals surface area contributed by atoms with Gasteiger partial charge in [-0.2, -0.15) is 0 Å². The lowest BCUT2D eigenvalue weighted by Crippen LogP contribution is -2.30. The Labute approximate surface area is 138 Å². The first-order valence-corrected chi connectivity index (χ1v) is 9.14. The molecule has 0 fully saturated rings. The van der Waals surface area contributed by atoms with Gasteiger partial charge in [-0.15, -0.1) is 23.1 Å². The molecule has 1 unspecified atom stereocenters. The number of anilines is 1. The van der Waals surface area contributed by atoms with Crippen molar-refractivity contribution in [2.24, 2.45) is 7.05 Å². The number of amides is 1. The normalized spacial score (nSPS) is 17.1. The Morgan fingerprint density at radius 1 is 1.55 bits per heavy atom. The number of thioether (sulfide) groups is 1. The van der Waals surface area contributed by atoms with Crippen molar-refractivity contribution in [1.29, 1.82) is 0 Å². The molecule has 3 heterocycles. The molecule has 0 spiro atoms. The topological polar surface area (TPSA) is 50.2 Å². The monoisotopic (exact) mass is 336 g/mol. The number of hydrogen-bond acceptors (Lipinski definition) is 5. The lowest BCUT2D eigenvalue weighted by atomic mass is 10.1. The third-order valence-corrected chi connectivity index (χ3v) is 6.06. The number of nitrogens with one attached hydrogen (secondary N) is 1. The number of imidazole rings is 1. The van der Waals surface area contributed by atoms with Crippen molar-refractivity contribution in [3.8, 4) is 0 Å². The maximum atomic E-state index is 12.5. The van der Waals surface area contributed by atoms with E-state index in [9.17, 15) is 4.79 Å². The molecule has 5 nitrogen and oxygen atoms in total. The molecule has 0 saturated heterocycles. The summed E-state index contributed by atoms with van der Waals surface area (Å²) in [6.45, 7) is 0.507. The van der Waals surface area contributed by atoms with E-state index in [1.807, 2.05) is 36.8 Å². The van der Waals surface area contributed by atoms with Gasteiger partial charge in [0.1, 0.15) is 5.25 Å². The summed E-state index contributed by atoms with van der Waals surface area (Å²) in [5, 5.41) is 5.07. The van der Waals surface area contributed by atoms with Crippen LogP contribution in [0.3, 0.4) is 0 Å². The highest BCUT2D eigenvalue weighted by Gasteiger charge is 2.27. The number of hydrogen-bond donors (Lipinski definition) is 1. The van der Waals surface area contributed by atoms with Gasteiger partial charge in [0, 0.05) is 26.0 Å². The number of carbonyl (C=O) groups excluding carboxylic acids is 1. The van der Waals surface area contributed by atoms with E-state index in [1.165, 1.54) is 10.4 Å². The average Bonchev–Trinajstić information content (AvgIpc) is 3.10. The zero-order chi connectivity index (χ0) is 15.7. The fourth-order valence-corrected chi connectivity index (χ4v) is 4.96. The molecule has 7 heteroatoms. The Morgan fingerprint density at radius 2 is 2.36 bits per heavy atom. The Hall–Kier alpha value is -1.47. The minimum absolute atomic E-state index is 0.0726. The van der Waals surface area contributed by atoms with Crippen LogP contribution in [0.2, 0.25) is 0 Å². The molecule has 3 rings (SSSR count). The summed E-state index contributed by atoms with van der Waals surface area (Å²) in [5.41, 5.74) is 2.20. The van der Waals surface area contributed by atoms with E-state index < -0.39 is 0 Å². The predicted molar refractivity (Wildman–Crippen MR) is 92.6 cm³/mol. The van der Waals surface area contributed by atoms with E-state index in [-0.39, 0.29) is 11.2 Å². The van der Waals surface area contributed by atoms with Gasteiger partial charge in [-0.05, 0) is 29.2 Å². The van der Waals surface area contributed by atoms with E-state index in [4.69, 9.17) is 0 Å². The molecule has 1 atom stereocenters. The highest BCUT2D eigenvalue weighted by atomic mass is 32.2. The van der Waals surface area contributed by atoms with Gasteiger partial charge in [-0.3, -0.25) is 4.79 Å². The van der Waals surface area contributed by atoms with Crippen LogP contribution in [0.15, 0.2) is 17.6 Å². The third kappa shape index (κ3) is 2.87. The SMILES string of the molecule is CN(C)c1ncc(CNC(=O)C2SCCc3sccc32)n1C. The second kappa shape index (κ2) is 6.34. The van der Waals surface area contributed by atoms with Crippen LogP contribution in [0.4, 0.5) is 5.95 Å². The summed E-state index contributed by atoms with van der Waals surface area (Å²) < 4.78 is 2.00. The highest BCUT2D eigenvalue weighted by molar-refractivity contribution is 8.00. The van der Waals surface area contributed by atoms with Crippen molar-refractivity contribution in [1.82, 2.24) is 14.9 Å². The van der Waals surface area contributed by atoms with Gasteiger partial charge in [0.05, 0.1) is 18.4 Å². The largest absolute Gasteiger partial charge is 0.349 e. The molecular formula is C15H20N4OS2. The lowest BCUT2D eigenvalue weighted by molar-refractivity contribution is -0.120. The number of thiophene rings is 1. The van der Waals surface area contributed by atoms with Crippen LogP contribution in [-0.4, -0.2) is 35.3 Å². The highest BCUT2D eigenvalue weighted by Crippen LogP contribution is 2.39. The minimum atomic E-state index is -0.0726. The van der Waals surface area contributed by atoms with Crippen LogP contribution in [0.1, 0.15) is 21.4 Å². The maximum absolute atomic E-state index is 12.5. The Bertz CT molecular complexity index is 677. The van der Waals surface area contributed by atoms with Crippen molar-refractivity contribution in [3.05, 3.63) is 33.8 Å². The minimum Gasteiger partial charge on any atom is -0.349 e. The summed E-state index contributed by atoms with van der Waals surface area (Å²) in [5.74, 6) is 2.00. The molecule has 1 aliphatic rings. The van der Waals surface area contributed by atoms with Crippen molar-refractivity contribution in [2.75, 3.05) is 24.7 Å². The van der Waals surface area contributed by atoms with Gasteiger partial charge in [0.25, 0.3) is 0 Å². The second-order valence-corrected chi connectivity index (χ2v) is 7.73. The van der Waals surface area contributed by atoms with Gasteiger partial charge >= 0.3 is 0 Å². The quantitative estimate of drug-likeness (QED) is 0.930. The van der Waals surface area contributed by atoms with E-state index in [0.29, 0.717) is 6.54 Å². The maximum Gasteiger partial charge on any atom is 0.237 e. The van der Waals surface area contributed by atoms with Gasteiger partial charge in [-0.25, -0.2) is 4.98 Å². The van der Waals surface area contributed by atoms with E-state index in [2.05, 4.69) is 21.7 Å². The van der Waals surface area contributed by atoms with E-state index in [0.717, 1.165) is 23.8 Å². The first-order chi connectivity index (χ1) is 10.6. The van der Waals surface area contributed by atoms with Crippen molar-refractivity contribution < 1.29 is 4.79 Å². The molecule has 0 aromatic carbocycles. The van der Waals surface area contributed by atoms with Crippen molar-refractivity contribution in [3.63, 3.8) is 0 Å². The van der Waals surface area contributed by atoms with Crippen LogP contribution in [-0.2, 0) is 24.8 Å². The molecule has 0 aliphatic carbocycles. The molecule has 0 bridgehead atoms. The van der Waals surface area contributed by atoms with Crippen LogP contribution in [0, 0.1) is 0 Å². The molecule has 1 N–H and O–H groups in total. The fraction of sp³-hybridized carbons (Fsp3) is 0.467. The van der Waals surface area contributed by atoms with Gasteiger partial charge in [-0.1, -0.05) is 0 Å². The molecule has 2 aromatic rings. The molecule has 2 aromatic heterocycles.